The SMILES string of the molecule is CCc1ccc(CNC(C)Cc2ccc(Cl)cc2)s1. The number of halogens is 1. The molecule has 0 saturated heterocycles. The van der Waals surface area contributed by atoms with E-state index in [2.05, 4.69) is 43.4 Å². The average Bonchev–Trinajstić information content (AvgIpc) is 2.87. The van der Waals surface area contributed by atoms with Crippen LogP contribution in [0, 0.1) is 0 Å². The Balaban J connectivity index is 1.81. The summed E-state index contributed by atoms with van der Waals surface area (Å²) in [5.74, 6) is 0. The number of aryl methyl sites for hydroxylation is 1. The Labute approximate surface area is 124 Å². The van der Waals surface area contributed by atoms with Gasteiger partial charge >= 0.3 is 0 Å². The van der Waals surface area contributed by atoms with Gasteiger partial charge in [-0.3, -0.25) is 0 Å². The maximum atomic E-state index is 5.89. The highest BCUT2D eigenvalue weighted by Crippen LogP contribution is 2.17. The molecule has 0 radical (unpaired) electrons. The van der Waals surface area contributed by atoms with Crippen molar-refractivity contribution in [1.29, 1.82) is 0 Å². The minimum Gasteiger partial charge on any atom is -0.309 e. The van der Waals surface area contributed by atoms with E-state index in [4.69, 9.17) is 11.6 Å². The summed E-state index contributed by atoms with van der Waals surface area (Å²) in [5.41, 5.74) is 1.32. The molecule has 0 aliphatic heterocycles. The van der Waals surface area contributed by atoms with Gasteiger partial charge in [-0.1, -0.05) is 30.7 Å². The Morgan fingerprint density at radius 2 is 1.79 bits per heavy atom. The van der Waals surface area contributed by atoms with Crippen LogP contribution in [0.2, 0.25) is 5.02 Å². The number of rotatable bonds is 6. The van der Waals surface area contributed by atoms with Crippen LogP contribution in [0.4, 0.5) is 0 Å². The average molecular weight is 294 g/mol. The minimum atomic E-state index is 0.466. The van der Waals surface area contributed by atoms with Gasteiger partial charge in [-0.15, -0.1) is 11.3 Å². The van der Waals surface area contributed by atoms with Crippen LogP contribution in [0.1, 0.15) is 29.2 Å². The summed E-state index contributed by atoms with van der Waals surface area (Å²) in [6, 6.07) is 13.0. The van der Waals surface area contributed by atoms with Crippen molar-refractivity contribution < 1.29 is 0 Å². The molecule has 102 valence electrons. The Kier molecular flexibility index (Phi) is 5.44. The van der Waals surface area contributed by atoms with Gasteiger partial charge in [-0.2, -0.15) is 0 Å². The molecule has 1 heterocycles. The first-order chi connectivity index (χ1) is 9.17. The van der Waals surface area contributed by atoms with E-state index in [1.165, 1.54) is 15.3 Å². The van der Waals surface area contributed by atoms with Crippen LogP contribution in [0.25, 0.3) is 0 Å². The summed E-state index contributed by atoms with van der Waals surface area (Å²) >= 11 is 7.79. The predicted molar refractivity (Wildman–Crippen MR) is 85.2 cm³/mol. The van der Waals surface area contributed by atoms with Gasteiger partial charge in [0.2, 0.25) is 0 Å². The molecule has 0 bridgehead atoms. The highest BCUT2D eigenvalue weighted by Gasteiger charge is 2.04. The van der Waals surface area contributed by atoms with Gasteiger partial charge < -0.3 is 5.32 Å². The molecule has 0 spiro atoms. The summed E-state index contributed by atoms with van der Waals surface area (Å²) in [5, 5.41) is 4.38. The lowest BCUT2D eigenvalue weighted by Gasteiger charge is -2.13. The third-order valence-corrected chi connectivity index (χ3v) is 4.63. The largest absolute Gasteiger partial charge is 0.309 e. The molecule has 1 N–H and O–H groups in total. The molecular formula is C16H20ClNS. The molecular weight excluding hydrogens is 274 g/mol. The van der Waals surface area contributed by atoms with Crippen molar-refractivity contribution in [3.8, 4) is 0 Å². The summed E-state index contributed by atoms with van der Waals surface area (Å²) in [6.07, 6.45) is 2.16. The maximum absolute atomic E-state index is 5.89. The predicted octanol–water partition coefficient (Wildman–Crippen LogP) is 4.68. The van der Waals surface area contributed by atoms with Crippen LogP contribution < -0.4 is 5.32 Å². The third-order valence-electron chi connectivity index (χ3n) is 3.15. The van der Waals surface area contributed by atoms with Crippen molar-refractivity contribution in [3.05, 3.63) is 56.7 Å². The molecule has 2 aromatic rings. The van der Waals surface area contributed by atoms with Crippen LogP contribution in [0.15, 0.2) is 36.4 Å². The van der Waals surface area contributed by atoms with Crippen LogP contribution in [0.5, 0.6) is 0 Å². The number of nitrogens with one attached hydrogen (secondary N) is 1. The monoisotopic (exact) mass is 293 g/mol. The zero-order valence-corrected chi connectivity index (χ0v) is 13.0. The van der Waals surface area contributed by atoms with E-state index in [9.17, 15) is 0 Å². The molecule has 1 atom stereocenters. The van der Waals surface area contributed by atoms with Gasteiger partial charge in [0.25, 0.3) is 0 Å². The Bertz CT molecular complexity index is 504. The second-order valence-corrected chi connectivity index (χ2v) is 6.52. The number of thiophene rings is 1. The Morgan fingerprint density at radius 1 is 1.11 bits per heavy atom. The van der Waals surface area contributed by atoms with E-state index >= 15 is 0 Å². The third kappa shape index (κ3) is 4.64. The molecule has 19 heavy (non-hydrogen) atoms. The molecule has 0 fully saturated rings. The fourth-order valence-electron chi connectivity index (χ4n) is 2.03. The molecule has 2 rings (SSSR count). The van der Waals surface area contributed by atoms with E-state index in [1.807, 2.05) is 23.5 Å². The maximum Gasteiger partial charge on any atom is 0.0406 e. The second kappa shape index (κ2) is 7.09. The summed E-state index contributed by atoms with van der Waals surface area (Å²) in [6.45, 7) is 5.38. The molecule has 3 heteroatoms. The number of hydrogen-bond donors (Lipinski definition) is 1. The van der Waals surface area contributed by atoms with Crippen molar-refractivity contribution in [2.45, 2.75) is 39.3 Å². The quantitative estimate of drug-likeness (QED) is 0.815. The standard InChI is InChI=1S/C16H20ClNS/c1-3-15-8-9-16(19-15)11-18-12(2)10-13-4-6-14(17)7-5-13/h4-9,12,18H,3,10-11H2,1-2H3. The van der Waals surface area contributed by atoms with Crippen LogP contribution in [-0.2, 0) is 19.4 Å². The van der Waals surface area contributed by atoms with Crippen LogP contribution >= 0.6 is 22.9 Å². The van der Waals surface area contributed by atoms with Crippen molar-refractivity contribution in [2.75, 3.05) is 0 Å². The van der Waals surface area contributed by atoms with E-state index in [-0.39, 0.29) is 0 Å². The smallest absolute Gasteiger partial charge is 0.0406 e. The second-order valence-electron chi connectivity index (χ2n) is 4.83. The van der Waals surface area contributed by atoms with Crippen LogP contribution in [-0.4, -0.2) is 6.04 Å². The minimum absolute atomic E-state index is 0.466. The van der Waals surface area contributed by atoms with E-state index < -0.39 is 0 Å². The summed E-state index contributed by atoms with van der Waals surface area (Å²) in [4.78, 5) is 2.88. The first kappa shape index (κ1) is 14.6. The van der Waals surface area contributed by atoms with Gasteiger partial charge in [-0.25, -0.2) is 0 Å². The van der Waals surface area contributed by atoms with Gasteiger partial charge in [0.05, 0.1) is 0 Å². The topological polar surface area (TPSA) is 12.0 Å². The van der Waals surface area contributed by atoms with Gasteiger partial charge in [0, 0.05) is 27.4 Å². The lowest BCUT2D eigenvalue weighted by molar-refractivity contribution is 0.549. The van der Waals surface area contributed by atoms with Crippen molar-refractivity contribution in [3.63, 3.8) is 0 Å². The molecule has 0 aliphatic carbocycles. The lowest BCUT2D eigenvalue weighted by Crippen LogP contribution is -2.27. The zero-order valence-electron chi connectivity index (χ0n) is 11.4. The Morgan fingerprint density at radius 3 is 2.42 bits per heavy atom. The Hall–Kier alpha value is -0.830. The molecule has 1 aromatic heterocycles. The first-order valence-corrected chi connectivity index (χ1v) is 7.92. The molecule has 0 amide bonds. The lowest BCUT2D eigenvalue weighted by atomic mass is 10.1. The summed E-state index contributed by atoms with van der Waals surface area (Å²) in [7, 11) is 0. The van der Waals surface area contributed by atoms with Gasteiger partial charge in [-0.05, 0) is 49.6 Å². The molecule has 1 nitrogen and oxygen atoms in total. The van der Waals surface area contributed by atoms with Crippen molar-refractivity contribution >= 4 is 22.9 Å². The number of benzene rings is 1. The zero-order chi connectivity index (χ0) is 13.7. The van der Waals surface area contributed by atoms with E-state index in [1.54, 1.807) is 0 Å². The normalized spacial score (nSPS) is 12.6. The van der Waals surface area contributed by atoms with E-state index in [0.717, 1.165) is 24.4 Å². The fourth-order valence-corrected chi connectivity index (χ4v) is 3.06. The molecule has 0 saturated carbocycles. The molecule has 1 unspecified atom stereocenters. The molecule has 0 aliphatic rings. The van der Waals surface area contributed by atoms with Gasteiger partial charge in [0.1, 0.15) is 0 Å². The van der Waals surface area contributed by atoms with Crippen molar-refractivity contribution in [1.82, 2.24) is 5.32 Å². The van der Waals surface area contributed by atoms with E-state index in [0.29, 0.717) is 6.04 Å². The summed E-state index contributed by atoms with van der Waals surface area (Å²) < 4.78 is 0. The van der Waals surface area contributed by atoms with Crippen molar-refractivity contribution in [2.24, 2.45) is 0 Å². The van der Waals surface area contributed by atoms with Gasteiger partial charge in [0.15, 0.2) is 0 Å². The fraction of sp³-hybridized carbons (Fsp3) is 0.375. The highest BCUT2D eigenvalue weighted by atomic mass is 35.5. The number of hydrogen-bond acceptors (Lipinski definition) is 2. The highest BCUT2D eigenvalue weighted by molar-refractivity contribution is 7.11. The first-order valence-electron chi connectivity index (χ1n) is 6.72. The van der Waals surface area contributed by atoms with Crippen LogP contribution in [0.3, 0.4) is 0 Å². The molecule has 1 aromatic carbocycles.